The van der Waals surface area contributed by atoms with Crippen molar-refractivity contribution in [2.75, 3.05) is 0 Å². The summed E-state index contributed by atoms with van der Waals surface area (Å²) in [5.41, 5.74) is 8.45. The number of allylic oxidation sites excluding steroid dienone is 2. The van der Waals surface area contributed by atoms with Gasteiger partial charge in [0.25, 0.3) is 0 Å². The molecule has 0 amide bonds. The summed E-state index contributed by atoms with van der Waals surface area (Å²) in [6.45, 7) is 24.1. The first-order chi connectivity index (χ1) is 25.9. The molecule has 1 aliphatic rings. The Morgan fingerprint density at radius 3 is 2.04 bits per heavy atom. The van der Waals surface area contributed by atoms with Gasteiger partial charge in [-0.2, -0.15) is 0 Å². The van der Waals surface area contributed by atoms with Crippen LogP contribution in [0.1, 0.15) is 133 Å². The maximum absolute atomic E-state index is 11.9. The topological polar surface area (TPSA) is 63.3 Å². The standard InChI is InChI=1S/C37H36NO.C13H24O2.Ir/c1-35(2,3)29-16-24(14-22-10-8-9-11-26(22)29)32-17-23-15-27-28-19-30-31(37(6,7)13-12-36(30,4)5)20-34(28)39-33(27)18-25(23)21-38-32;1-5-10(6-2)12(14)9-13(15)11(7-3)8-4;/h8-11,15-21H,12-13H2,1-7H3;9-11,14H,5-8H2,1-4H3;/q-1;;/b;12-9-;/i;9D;. The Hall–Kier alpha value is -3.79. The van der Waals surface area contributed by atoms with Crippen LogP contribution in [0.5, 0.6) is 0 Å². The number of furan rings is 1. The van der Waals surface area contributed by atoms with E-state index in [-0.39, 0.29) is 65.8 Å². The van der Waals surface area contributed by atoms with Crippen LogP contribution in [-0.2, 0) is 41.1 Å². The molecule has 1 radical (unpaired) electrons. The number of aliphatic hydroxyl groups excluding tert-OH is 1. The number of aliphatic hydroxyl groups is 1. The van der Waals surface area contributed by atoms with Gasteiger partial charge in [0.2, 0.25) is 0 Å². The maximum atomic E-state index is 11.9. The number of fused-ring (bicyclic) bond motifs is 6. The Morgan fingerprint density at radius 2 is 1.42 bits per heavy atom. The minimum absolute atomic E-state index is 0. The molecule has 4 aromatic carbocycles. The quantitative estimate of drug-likeness (QED) is 0.0939. The molecule has 2 aromatic heterocycles. The summed E-state index contributed by atoms with van der Waals surface area (Å²) in [5, 5.41) is 16.9. The molecule has 293 valence electrons. The molecule has 0 saturated carbocycles. The summed E-state index contributed by atoms with van der Waals surface area (Å²) in [6.07, 6.45) is 7.36. The summed E-state index contributed by atoms with van der Waals surface area (Å²) in [4.78, 5) is 16.8. The van der Waals surface area contributed by atoms with Gasteiger partial charge >= 0.3 is 0 Å². The molecule has 0 aliphatic heterocycles. The van der Waals surface area contributed by atoms with E-state index >= 15 is 0 Å². The Bertz CT molecular complexity index is 2420. The molecule has 0 spiro atoms. The van der Waals surface area contributed by atoms with Crippen LogP contribution in [0.3, 0.4) is 0 Å². The number of rotatable bonds is 8. The van der Waals surface area contributed by atoms with Gasteiger partial charge in [0, 0.05) is 66.0 Å². The van der Waals surface area contributed by atoms with Gasteiger partial charge in [0.05, 0.1) is 7.13 Å². The summed E-state index contributed by atoms with van der Waals surface area (Å²) in [6, 6.07) is 25.7. The van der Waals surface area contributed by atoms with Crippen molar-refractivity contribution >= 4 is 49.3 Å². The normalized spacial score (nSPS) is 15.8. The van der Waals surface area contributed by atoms with Crippen molar-refractivity contribution in [2.45, 2.75) is 131 Å². The van der Waals surface area contributed by atoms with E-state index in [0.29, 0.717) is 0 Å². The Labute approximate surface area is 344 Å². The van der Waals surface area contributed by atoms with Crippen LogP contribution < -0.4 is 0 Å². The predicted molar refractivity (Wildman–Crippen MR) is 229 cm³/mol. The first kappa shape index (κ1) is 40.9. The zero-order valence-corrected chi connectivity index (χ0v) is 37.2. The minimum atomic E-state index is -0.214. The molecular weight excluding hydrogens is 855 g/mol. The zero-order valence-electron chi connectivity index (χ0n) is 35.8. The van der Waals surface area contributed by atoms with Gasteiger partial charge in [-0.15, -0.1) is 29.1 Å². The number of hydrogen-bond donors (Lipinski definition) is 1. The summed E-state index contributed by atoms with van der Waals surface area (Å²) in [5.74, 6) is -0.411. The van der Waals surface area contributed by atoms with Crippen LogP contribution in [-0.4, -0.2) is 15.9 Å². The van der Waals surface area contributed by atoms with E-state index in [1.807, 2.05) is 33.9 Å². The SMILES string of the molecule is CC(C)(C)c1cc(-c2cc3cc4c(cc3cn2)oc2cc3c(cc24)C(C)(C)CCC3(C)C)[c-]c2ccccc12.[2H]/C(C(=O)C(CC)CC)=C(/O)C(CC)CC.[Ir]. The average molecular weight is 916 g/mol. The number of benzene rings is 4. The Kier molecular flexibility index (Phi) is 12.2. The molecular formula is C50H60IrNO3-. The number of hydrogen-bond acceptors (Lipinski definition) is 4. The Morgan fingerprint density at radius 1 is 0.836 bits per heavy atom. The third-order valence-corrected chi connectivity index (χ3v) is 12.1. The third-order valence-electron chi connectivity index (χ3n) is 12.1. The molecule has 4 nitrogen and oxygen atoms in total. The number of carbonyl (C=O) groups excluding carboxylic acids is 1. The van der Waals surface area contributed by atoms with E-state index in [2.05, 4.69) is 115 Å². The van der Waals surface area contributed by atoms with Gasteiger partial charge in [-0.25, -0.2) is 0 Å². The second-order valence-corrected chi connectivity index (χ2v) is 17.8. The molecule has 55 heavy (non-hydrogen) atoms. The predicted octanol–water partition coefficient (Wildman–Crippen LogP) is 14.3. The molecule has 0 atom stereocenters. The van der Waals surface area contributed by atoms with Gasteiger partial charge in [0.1, 0.15) is 11.2 Å². The van der Waals surface area contributed by atoms with Crippen molar-refractivity contribution in [2.24, 2.45) is 11.8 Å². The first-order valence-electron chi connectivity index (χ1n) is 20.6. The van der Waals surface area contributed by atoms with Crippen molar-refractivity contribution in [3.63, 3.8) is 0 Å². The largest absolute Gasteiger partial charge is 0.512 e. The zero-order chi connectivity index (χ0) is 40.0. The fourth-order valence-electron chi connectivity index (χ4n) is 8.28. The van der Waals surface area contributed by atoms with E-state index in [0.717, 1.165) is 58.9 Å². The van der Waals surface area contributed by atoms with Gasteiger partial charge in [-0.05, 0) is 95.5 Å². The molecule has 1 N–H and O–H groups in total. The van der Waals surface area contributed by atoms with E-state index in [1.54, 1.807) is 0 Å². The molecule has 0 fully saturated rings. The number of pyridine rings is 1. The second kappa shape index (κ2) is 16.4. The smallest absolute Gasteiger partial charge is 0.162 e. The van der Waals surface area contributed by atoms with Gasteiger partial charge in [-0.1, -0.05) is 111 Å². The maximum Gasteiger partial charge on any atom is 0.162 e. The van der Waals surface area contributed by atoms with Crippen LogP contribution in [0.2, 0.25) is 0 Å². The van der Waals surface area contributed by atoms with Gasteiger partial charge in [-0.3, -0.25) is 9.78 Å². The fourth-order valence-corrected chi connectivity index (χ4v) is 8.28. The molecule has 0 bridgehead atoms. The number of nitrogens with zero attached hydrogens (tertiary/aromatic N) is 1. The van der Waals surface area contributed by atoms with Crippen LogP contribution >= 0.6 is 0 Å². The number of carbonyl (C=O) groups is 1. The van der Waals surface area contributed by atoms with Crippen molar-refractivity contribution in [3.05, 3.63) is 101 Å². The molecule has 2 heterocycles. The van der Waals surface area contributed by atoms with Crippen LogP contribution in [0.4, 0.5) is 0 Å². The van der Waals surface area contributed by atoms with Crippen LogP contribution in [0, 0.1) is 17.9 Å². The van der Waals surface area contributed by atoms with Crippen molar-refractivity contribution in [3.8, 4) is 11.3 Å². The van der Waals surface area contributed by atoms with Gasteiger partial charge < -0.3 is 9.52 Å². The van der Waals surface area contributed by atoms with Crippen molar-refractivity contribution < 1.29 is 35.8 Å². The number of aromatic nitrogens is 1. The second-order valence-electron chi connectivity index (χ2n) is 17.8. The third kappa shape index (κ3) is 8.49. The number of ketones is 1. The van der Waals surface area contributed by atoms with Crippen LogP contribution in [0.25, 0.3) is 54.7 Å². The van der Waals surface area contributed by atoms with Crippen molar-refractivity contribution in [1.29, 1.82) is 0 Å². The Balaban J connectivity index is 0.000000302. The summed E-state index contributed by atoms with van der Waals surface area (Å²) >= 11 is 0. The van der Waals surface area contributed by atoms with Crippen LogP contribution in [0.15, 0.2) is 83.1 Å². The molecule has 1 aliphatic carbocycles. The minimum Gasteiger partial charge on any atom is -0.512 e. The fraction of sp³-hybridized carbons (Fsp3) is 0.440. The van der Waals surface area contributed by atoms with E-state index in [4.69, 9.17) is 10.8 Å². The van der Waals surface area contributed by atoms with Crippen molar-refractivity contribution in [1.82, 2.24) is 4.98 Å². The van der Waals surface area contributed by atoms with E-state index < -0.39 is 0 Å². The van der Waals surface area contributed by atoms with E-state index in [1.165, 1.54) is 51.1 Å². The van der Waals surface area contributed by atoms with Gasteiger partial charge in [0.15, 0.2) is 5.78 Å². The van der Waals surface area contributed by atoms with E-state index in [9.17, 15) is 9.90 Å². The molecule has 0 saturated heterocycles. The molecule has 5 heteroatoms. The molecule has 7 rings (SSSR count). The molecule has 0 unspecified atom stereocenters. The first-order valence-corrected chi connectivity index (χ1v) is 20.1. The average Bonchev–Trinajstić information content (AvgIpc) is 3.51. The molecule has 6 aromatic rings. The summed E-state index contributed by atoms with van der Waals surface area (Å²) < 4.78 is 14.2. The summed E-state index contributed by atoms with van der Waals surface area (Å²) in [7, 11) is 0. The monoisotopic (exact) mass is 916 g/mol.